The third-order valence-corrected chi connectivity index (χ3v) is 2.89. The van der Waals surface area contributed by atoms with E-state index in [9.17, 15) is 0 Å². The van der Waals surface area contributed by atoms with E-state index >= 15 is 0 Å². The quantitative estimate of drug-likeness (QED) is 0.540. The molecule has 0 aromatic rings. The van der Waals surface area contributed by atoms with Crippen molar-refractivity contribution in [1.29, 1.82) is 0 Å². The second-order valence-electron chi connectivity index (χ2n) is 4.94. The van der Waals surface area contributed by atoms with E-state index in [1.165, 1.54) is 0 Å². The van der Waals surface area contributed by atoms with E-state index in [0.717, 1.165) is 19.4 Å². The van der Waals surface area contributed by atoms with Crippen LogP contribution in [0.25, 0.3) is 0 Å². The summed E-state index contributed by atoms with van der Waals surface area (Å²) in [4.78, 5) is 0. The highest BCUT2D eigenvalue weighted by Gasteiger charge is 2.17. The Hall–Kier alpha value is -0.240. The molecule has 0 bridgehead atoms. The van der Waals surface area contributed by atoms with Crippen LogP contribution in [0, 0.1) is 0 Å². The molecule has 1 aliphatic heterocycles. The van der Waals surface area contributed by atoms with E-state index in [1.54, 1.807) is 0 Å². The third-order valence-electron chi connectivity index (χ3n) is 2.89. The van der Waals surface area contributed by atoms with Crippen LogP contribution in [0.5, 0.6) is 0 Å². The van der Waals surface area contributed by atoms with Crippen molar-refractivity contribution >= 4 is 0 Å². The van der Waals surface area contributed by atoms with Crippen molar-refractivity contribution < 1.29 is 28.8 Å². The van der Waals surface area contributed by atoms with Crippen molar-refractivity contribution in [3.63, 3.8) is 0 Å². The van der Waals surface area contributed by atoms with Crippen molar-refractivity contribution in [2.24, 2.45) is 0 Å². The molecule has 6 heteroatoms. The van der Waals surface area contributed by atoms with Gasteiger partial charge in [0.25, 0.3) is 0 Å². The Kier molecular flexibility index (Phi) is 10.2. The molecule has 1 saturated heterocycles. The molecule has 0 spiro atoms. The molecule has 0 aliphatic carbocycles. The average molecular weight is 292 g/mol. The number of aliphatic hydroxyl groups is 1. The molecule has 0 amide bonds. The normalized spacial score (nSPS) is 22.1. The van der Waals surface area contributed by atoms with Crippen molar-refractivity contribution in [3.8, 4) is 0 Å². The Balaban J connectivity index is 1.92. The molecular weight excluding hydrogens is 264 g/mol. The smallest absolute Gasteiger partial charge is 0.157 e. The van der Waals surface area contributed by atoms with Crippen LogP contribution in [0.3, 0.4) is 0 Å². The molecule has 1 N–H and O–H groups in total. The summed E-state index contributed by atoms with van der Waals surface area (Å²) < 4.78 is 27.3. The van der Waals surface area contributed by atoms with Crippen LogP contribution >= 0.6 is 0 Å². The summed E-state index contributed by atoms with van der Waals surface area (Å²) in [6, 6.07) is 0. The maximum atomic E-state index is 8.54. The second-order valence-corrected chi connectivity index (χ2v) is 4.94. The zero-order valence-electron chi connectivity index (χ0n) is 12.6. The lowest BCUT2D eigenvalue weighted by Crippen LogP contribution is -2.26. The minimum Gasteiger partial charge on any atom is -0.394 e. The molecule has 6 nitrogen and oxygen atoms in total. The summed E-state index contributed by atoms with van der Waals surface area (Å²) in [7, 11) is 0. The molecule has 3 unspecified atom stereocenters. The maximum absolute atomic E-state index is 8.54. The van der Waals surface area contributed by atoms with E-state index in [-0.39, 0.29) is 25.1 Å². The van der Waals surface area contributed by atoms with Crippen molar-refractivity contribution in [1.82, 2.24) is 0 Å². The van der Waals surface area contributed by atoms with Crippen LogP contribution < -0.4 is 0 Å². The minimum atomic E-state index is -0.0570. The summed E-state index contributed by atoms with van der Waals surface area (Å²) >= 11 is 0. The van der Waals surface area contributed by atoms with Gasteiger partial charge in [-0.3, -0.25) is 0 Å². The van der Waals surface area contributed by atoms with Crippen LogP contribution in [0.2, 0.25) is 0 Å². The molecule has 1 aliphatic rings. The Morgan fingerprint density at radius 1 is 1.10 bits per heavy atom. The highest BCUT2D eigenvalue weighted by atomic mass is 16.7. The van der Waals surface area contributed by atoms with Crippen LogP contribution in [0.4, 0.5) is 0 Å². The van der Waals surface area contributed by atoms with E-state index in [0.29, 0.717) is 33.0 Å². The fourth-order valence-electron chi connectivity index (χ4n) is 1.79. The van der Waals surface area contributed by atoms with E-state index in [2.05, 4.69) is 0 Å². The van der Waals surface area contributed by atoms with E-state index < -0.39 is 0 Å². The molecular formula is C14H28O6. The van der Waals surface area contributed by atoms with Gasteiger partial charge in [0, 0.05) is 13.0 Å². The highest BCUT2D eigenvalue weighted by Crippen LogP contribution is 2.13. The summed E-state index contributed by atoms with van der Waals surface area (Å²) in [5.41, 5.74) is 0. The lowest BCUT2D eigenvalue weighted by Gasteiger charge is -2.19. The number of rotatable bonds is 12. The Morgan fingerprint density at radius 2 is 1.90 bits per heavy atom. The van der Waals surface area contributed by atoms with Gasteiger partial charge in [-0.15, -0.1) is 0 Å². The second kappa shape index (κ2) is 11.4. The van der Waals surface area contributed by atoms with Gasteiger partial charge in [0.2, 0.25) is 0 Å². The summed E-state index contributed by atoms with van der Waals surface area (Å²) in [5, 5.41) is 8.54. The van der Waals surface area contributed by atoms with E-state index in [1.807, 2.05) is 13.8 Å². The number of hydrogen-bond acceptors (Lipinski definition) is 6. The molecule has 0 saturated carbocycles. The predicted octanol–water partition coefficient (Wildman–Crippen LogP) is 0.959. The highest BCUT2D eigenvalue weighted by molar-refractivity contribution is 4.57. The van der Waals surface area contributed by atoms with Gasteiger partial charge in [-0.2, -0.15) is 0 Å². The molecule has 20 heavy (non-hydrogen) atoms. The zero-order chi connectivity index (χ0) is 14.6. The van der Waals surface area contributed by atoms with Gasteiger partial charge in [0.1, 0.15) is 0 Å². The summed E-state index contributed by atoms with van der Waals surface area (Å²) in [6.45, 7) is 7.18. The van der Waals surface area contributed by atoms with Crippen molar-refractivity contribution in [2.75, 3.05) is 46.2 Å². The lowest BCUT2D eigenvalue weighted by atomic mass is 10.3. The minimum absolute atomic E-state index is 0.0120. The fourth-order valence-corrected chi connectivity index (χ4v) is 1.79. The molecule has 1 rings (SSSR count). The maximum Gasteiger partial charge on any atom is 0.157 e. The van der Waals surface area contributed by atoms with Gasteiger partial charge < -0.3 is 28.8 Å². The number of aliphatic hydroxyl groups excluding tert-OH is 1. The zero-order valence-corrected chi connectivity index (χ0v) is 12.6. The van der Waals surface area contributed by atoms with Crippen molar-refractivity contribution in [2.45, 2.75) is 45.2 Å². The van der Waals surface area contributed by atoms with Gasteiger partial charge in [-0.05, 0) is 20.3 Å². The van der Waals surface area contributed by atoms with Gasteiger partial charge in [-0.1, -0.05) is 0 Å². The average Bonchev–Trinajstić information content (AvgIpc) is 2.96. The lowest BCUT2D eigenvalue weighted by molar-refractivity contribution is -0.141. The Labute approximate surface area is 121 Å². The van der Waals surface area contributed by atoms with Crippen LogP contribution in [-0.2, 0) is 23.7 Å². The predicted molar refractivity (Wildman–Crippen MR) is 73.7 cm³/mol. The molecule has 3 atom stereocenters. The Bertz CT molecular complexity index is 220. The first-order chi connectivity index (χ1) is 9.72. The molecule has 0 radical (unpaired) electrons. The largest absolute Gasteiger partial charge is 0.394 e. The fraction of sp³-hybridized carbons (Fsp3) is 1.00. The standard InChI is InChI=1S/C14H28O6/c1-12(17-9-8-16-7-5-15)10-19-13(2)11-20-14-4-3-6-18-14/h12-15H,3-11H2,1-2H3. The molecule has 0 aromatic carbocycles. The Morgan fingerprint density at radius 3 is 2.60 bits per heavy atom. The van der Waals surface area contributed by atoms with Crippen LogP contribution in [-0.4, -0.2) is 69.9 Å². The molecule has 0 aromatic heterocycles. The number of ether oxygens (including phenoxy) is 5. The third kappa shape index (κ3) is 8.84. The van der Waals surface area contributed by atoms with Gasteiger partial charge in [0.15, 0.2) is 6.29 Å². The van der Waals surface area contributed by atoms with Crippen LogP contribution in [0.1, 0.15) is 26.7 Å². The first kappa shape index (κ1) is 17.8. The first-order valence-corrected chi connectivity index (χ1v) is 7.37. The van der Waals surface area contributed by atoms with E-state index in [4.69, 9.17) is 28.8 Å². The van der Waals surface area contributed by atoms with Gasteiger partial charge in [0.05, 0.1) is 51.8 Å². The molecule has 1 fully saturated rings. The van der Waals surface area contributed by atoms with Crippen molar-refractivity contribution in [3.05, 3.63) is 0 Å². The SMILES string of the molecule is CC(COC(C)COC1CCCO1)OCCOCCO. The first-order valence-electron chi connectivity index (χ1n) is 7.37. The monoisotopic (exact) mass is 292 g/mol. The number of hydrogen-bond donors (Lipinski definition) is 1. The van der Waals surface area contributed by atoms with Gasteiger partial charge >= 0.3 is 0 Å². The van der Waals surface area contributed by atoms with Gasteiger partial charge in [-0.25, -0.2) is 0 Å². The van der Waals surface area contributed by atoms with Crippen LogP contribution in [0.15, 0.2) is 0 Å². The topological polar surface area (TPSA) is 66.4 Å². The molecule has 1 heterocycles. The summed E-state index contributed by atoms with van der Waals surface area (Å²) in [6.07, 6.45) is 2.02. The summed E-state index contributed by atoms with van der Waals surface area (Å²) in [5.74, 6) is 0. The molecule has 120 valence electrons.